The second-order valence-corrected chi connectivity index (χ2v) is 6.53. The molecule has 3 N–H and O–H groups in total. The number of nitrogens with two attached hydrogens (primary N) is 1. The Hall–Kier alpha value is -3.54. The van der Waals surface area contributed by atoms with Crippen LogP contribution in [-0.4, -0.2) is 23.9 Å². The van der Waals surface area contributed by atoms with E-state index in [9.17, 15) is 18.0 Å². The van der Waals surface area contributed by atoms with Crippen LogP contribution in [0.1, 0.15) is 34.5 Å². The highest BCUT2D eigenvalue weighted by molar-refractivity contribution is 6.02. The lowest BCUT2D eigenvalue weighted by Gasteiger charge is -2.30. The van der Waals surface area contributed by atoms with E-state index in [2.05, 4.69) is 10.3 Å². The Morgan fingerprint density at radius 2 is 2.14 bits per heavy atom. The van der Waals surface area contributed by atoms with Crippen LogP contribution in [0.2, 0.25) is 0 Å². The van der Waals surface area contributed by atoms with Crippen molar-refractivity contribution in [3.63, 3.8) is 0 Å². The summed E-state index contributed by atoms with van der Waals surface area (Å²) >= 11 is 0. The molecule has 0 aliphatic carbocycles. The average molecular weight is 402 g/mol. The third-order valence-electron chi connectivity index (χ3n) is 4.64. The molecule has 2 aromatic rings. The number of nitrogens with one attached hydrogen (secondary N) is 1. The molecule has 9 heteroatoms. The highest BCUT2D eigenvalue weighted by atomic mass is 19.3. The lowest BCUT2D eigenvalue weighted by molar-refractivity contribution is 0.0678. The Balaban J connectivity index is 1.95. The minimum Gasteiger partial charge on any atom is -0.480 e. The Morgan fingerprint density at radius 1 is 1.34 bits per heavy atom. The Labute approximate surface area is 164 Å². The van der Waals surface area contributed by atoms with Gasteiger partial charge >= 0.3 is 0 Å². The number of rotatable bonds is 4. The number of anilines is 1. The van der Waals surface area contributed by atoms with Crippen molar-refractivity contribution >= 4 is 11.6 Å². The van der Waals surface area contributed by atoms with E-state index in [1.807, 2.05) is 6.07 Å². The van der Waals surface area contributed by atoms with E-state index >= 15 is 0 Å². The maximum atomic E-state index is 14.6. The number of carbonyl (C=O) groups is 1. The summed E-state index contributed by atoms with van der Waals surface area (Å²) in [5.74, 6) is -1.67. The van der Waals surface area contributed by atoms with E-state index in [0.717, 1.165) is 18.2 Å². The van der Waals surface area contributed by atoms with Gasteiger partial charge in [-0.25, -0.2) is 18.2 Å². The van der Waals surface area contributed by atoms with E-state index < -0.39 is 23.6 Å². The number of pyridine rings is 1. The molecule has 0 radical (unpaired) electrons. The molecule has 1 amide bonds. The van der Waals surface area contributed by atoms with Crippen molar-refractivity contribution in [2.75, 3.05) is 11.9 Å². The first-order valence-electron chi connectivity index (χ1n) is 8.72. The van der Waals surface area contributed by atoms with Gasteiger partial charge in [-0.2, -0.15) is 5.26 Å². The number of alkyl halides is 2. The summed E-state index contributed by atoms with van der Waals surface area (Å²) in [6.45, 7) is 0.152. The molecule has 1 atom stereocenters. The molecule has 1 aromatic carbocycles. The third kappa shape index (κ3) is 4.16. The molecule has 29 heavy (non-hydrogen) atoms. The minimum absolute atomic E-state index is 0.0189. The van der Waals surface area contributed by atoms with Crippen molar-refractivity contribution in [2.24, 2.45) is 5.73 Å². The summed E-state index contributed by atoms with van der Waals surface area (Å²) in [5, 5.41) is 11.3. The predicted molar refractivity (Wildman–Crippen MR) is 98.4 cm³/mol. The molecule has 0 spiro atoms. The number of ether oxygens (including phenoxy) is 1. The van der Waals surface area contributed by atoms with Crippen LogP contribution >= 0.6 is 0 Å². The molecule has 2 heterocycles. The van der Waals surface area contributed by atoms with Crippen molar-refractivity contribution in [1.29, 1.82) is 5.26 Å². The molecule has 6 nitrogen and oxygen atoms in total. The maximum absolute atomic E-state index is 14.6. The zero-order valence-electron chi connectivity index (χ0n) is 15.2. The molecule has 1 aliphatic heterocycles. The molecule has 1 aliphatic rings. The first-order chi connectivity index (χ1) is 13.9. The average Bonchev–Trinajstić information content (AvgIpc) is 2.91. The smallest absolute Gasteiger partial charge is 0.274 e. The molecular formula is C20H17F3N4O2. The number of aromatic nitrogens is 1. The summed E-state index contributed by atoms with van der Waals surface area (Å²) in [5.41, 5.74) is 3.80. The van der Waals surface area contributed by atoms with Crippen molar-refractivity contribution in [1.82, 2.24) is 4.98 Å². The molecule has 3 rings (SSSR count). The van der Waals surface area contributed by atoms with Gasteiger partial charge in [-0.05, 0) is 49.2 Å². The number of hydrogen-bond acceptors (Lipinski definition) is 5. The van der Waals surface area contributed by atoms with Crippen LogP contribution in [0.15, 0.2) is 48.5 Å². The molecule has 0 saturated carbocycles. The van der Waals surface area contributed by atoms with Crippen LogP contribution in [0.25, 0.3) is 0 Å². The number of nitriles is 1. The van der Waals surface area contributed by atoms with Gasteiger partial charge in [0.1, 0.15) is 17.6 Å². The van der Waals surface area contributed by atoms with Crippen LogP contribution < -0.4 is 11.1 Å². The van der Waals surface area contributed by atoms with Crippen LogP contribution in [-0.2, 0) is 10.2 Å². The summed E-state index contributed by atoms with van der Waals surface area (Å²) < 4.78 is 47.8. The fourth-order valence-electron chi connectivity index (χ4n) is 3.17. The molecule has 0 bridgehead atoms. The number of allylic oxidation sites excluding steroid dienone is 1. The summed E-state index contributed by atoms with van der Waals surface area (Å²) in [6.07, 6.45) is -0.487. The molecule has 0 fully saturated rings. The third-order valence-corrected chi connectivity index (χ3v) is 4.64. The standard InChI is InChI=1S/C20H17F3N4O2/c21-15-4-3-13(27-18(28)16-5-2-12(10-24)11-26-16)8-14(15)20(19(22)23)6-1-7-29-17(25)9-20/h2-5,8-9,11,19H,1,6-7,25H2,(H,27,28). The number of hydrogen-bond donors (Lipinski definition) is 2. The van der Waals surface area contributed by atoms with E-state index in [0.29, 0.717) is 0 Å². The summed E-state index contributed by atoms with van der Waals surface area (Å²) in [7, 11) is 0. The zero-order valence-corrected chi connectivity index (χ0v) is 15.2. The predicted octanol–water partition coefficient (Wildman–Crippen LogP) is 3.46. The fourth-order valence-corrected chi connectivity index (χ4v) is 3.17. The van der Waals surface area contributed by atoms with Crippen LogP contribution in [0.5, 0.6) is 0 Å². The lowest BCUT2D eigenvalue weighted by Crippen LogP contribution is -2.34. The summed E-state index contributed by atoms with van der Waals surface area (Å²) in [6, 6.07) is 8.09. The number of benzene rings is 1. The lowest BCUT2D eigenvalue weighted by atomic mass is 9.76. The molecule has 0 saturated heterocycles. The number of amides is 1. The van der Waals surface area contributed by atoms with Gasteiger partial charge in [-0.3, -0.25) is 4.79 Å². The van der Waals surface area contributed by atoms with E-state index in [4.69, 9.17) is 15.7 Å². The Morgan fingerprint density at radius 3 is 2.79 bits per heavy atom. The quantitative estimate of drug-likeness (QED) is 0.816. The van der Waals surface area contributed by atoms with Crippen molar-refractivity contribution in [2.45, 2.75) is 24.7 Å². The van der Waals surface area contributed by atoms with Gasteiger partial charge in [0.05, 0.1) is 17.6 Å². The fraction of sp³-hybridized carbons (Fsp3) is 0.250. The SMILES string of the molecule is N#Cc1ccc(C(=O)Nc2ccc(F)c(C3(C(F)F)C=C(N)OCCC3)c2)nc1. The minimum atomic E-state index is -2.94. The summed E-state index contributed by atoms with van der Waals surface area (Å²) in [4.78, 5) is 16.2. The number of halogens is 3. The van der Waals surface area contributed by atoms with E-state index in [1.165, 1.54) is 24.4 Å². The van der Waals surface area contributed by atoms with Crippen molar-refractivity contribution in [3.8, 4) is 6.07 Å². The Kier molecular flexibility index (Phi) is 5.73. The first kappa shape index (κ1) is 20.2. The van der Waals surface area contributed by atoms with Crippen molar-refractivity contribution < 1.29 is 22.7 Å². The van der Waals surface area contributed by atoms with Crippen LogP contribution in [0, 0.1) is 17.1 Å². The largest absolute Gasteiger partial charge is 0.480 e. The Bertz CT molecular complexity index is 986. The van der Waals surface area contributed by atoms with Gasteiger partial charge in [0, 0.05) is 17.4 Å². The molecule has 1 aromatic heterocycles. The van der Waals surface area contributed by atoms with E-state index in [-0.39, 0.29) is 47.8 Å². The van der Waals surface area contributed by atoms with Gasteiger partial charge in [-0.15, -0.1) is 0 Å². The van der Waals surface area contributed by atoms with Gasteiger partial charge in [0.2, 0.25) is 0 Å². The highest BCUT2D eigenvalue weighted by Crippen LogP contribution is 2.41. The van der Waals surface area contributed by atoms with E-state index in [1.54, 1.807) is 0 Å². The van der Waals surface area contributed by atoms with Gasteiger partial charge in [0.25, 0.3) is 12.3 Å². The molecule has 150 valence electrons. The second-order valence-electron chi connectivity index (χ2n) is 6.53. The van der Waals surface area contributed by atoms with Gasteiger partial charge < -0.3 is 15.8 Å². The normalized spacial score (nSPS) is 18.9. The van der Waals surface area contributed by atoms with Crippen LogP contribution in [0.4, 0.5) is 18.9 Å². The first-order valence-corrected chi connectivity index (χ1v) is 8.72. The monoisotopic (exact) mass is 402 g/mol. The highest BCUT2D eigenvalue weighted by Gasteiger charge is 2.43. The van der Waals surface area contributed by atoms with Crippen molar-refractivity contribution in [3.05, 3.63) is 71.1 Å². The van der Waals surface area contributed by atoms with Gasteiger partial charge in [0.15, 0.2) is 5.88 Å². The number of carbonyl (C=O) groups excluding carboxylic acids is 1. The van der Waals surface area contributed by atoms with Gasteiger partial charge in [-0.1, -0.05) is 0 Å². The zero-order chi connectivity index (χ0) is 21.0. The molecule has 1 unspecified atom stereocenters. The van der Waals surface area contributed by atoms with Crippen LogP contribution in [0.3, 0.4) is 0 Å². The maximum Gasteiger partial charge on any atom is 0.274 e. The molecular weight excluding hydrogens is 385 g/mol. The topological polar surface area (TPSA) is 101 Å². The second kappa shape index (κ2) is 8.22. The number of nitrogens with zero attached hydrogens (tertiary/aromatic N) is 2.